The van der Waals surface area contributed by atoms with Crippen molar-refractivity contribution < 1.29 is 9.47 Å². The first-order valence-electron chi connectivity index (χ1n) is 5.19. The Morgan fingerprint density at radius 2 is 2.13 bits per heavy atom. The number of nitrogens with two attached hydrogens (primary N) is 2. The van der Waals surface area contributed by atoms with Gasteiger partial charge in [-0.2, -0.15) is 0 Å². The second-order valence-electron chi connectivity index (χ2n) is 3.71. The van der Waals surface area contributed by atoms with Crippen molar-refractivity contribution in [2.45, 2.75) is 25.6 Å². The lowest BCUT2D eigenvalue weighted by Gasteiger charge is -2.24. The summed E-state index contributed by atoms with van der Waals surface area (Å²) in [5.41, 5.74) is 12.6. The molecular formula is C11H16N2O2. The number of hydrogen-bond donors (Lipinski definition) is 2. The summed E-state index contributed by atoms with van der Waals surface area (Å²) in [5, 5.41) is 0. The molecule has 1 atom stereocenters. The zero-order valence-electron chi connectivity index (χ0n) is 8.61. The molecule has 1 aromatic carbocycles. The fourth-order valence-corrected chi connectivity index (χ4v) is 1.62. The third-order valence-corrected chi connectivity index (χ3v) is 2.43. The van der Waals surface area contributed by atoms with Gasteiger partial charge >= 0.3 is 0 Å². The summed E-state index contributed by atoms with van der Waals surface area (Å²) < 4.78 is 11.1. The van der Waals surface area contributed by atoms with E-state index in [4.69, 9.17) is 20.9 Å². The lowest BCUT2D eigenvalue weighted by Crippen LogP contribution is -2.25. The van der Waals surface area contributed by atoms with Crippen LogP contribution in [-0.2, 0) is 4.74 Å². The Morgan fingerprint density at radius 3 is 2.80 bits per heavy atom. The monoisotopic (exact) mass is 208 g/mol. The van der Waals surface area contributed by atoms with Gasteiger partial charge in [0.2, 0.25) is 0 Å². The maximum Gasteiger partial charge on any atom is 0.199 e. The van der Waals surface area contributed by atoms with Crippen molar-refractivity contribution in [3.05, 3.63) is 18.2 Å². The molecule has 4 heteroatoms. The normalized spacial score (nSPS) is 21.2. The van der Waals surface area contributed by atoms with Crippen molar-refractivity contribution in [3.8, 4) is 5.75 Å². The maximum absolute atomic E-state index is 5.78. The summed E-state index contributed by atoms with van der Waals surface area (Å²) in [4.78, 5) is 0. The van der Waals surface area contributed by atoms with Gasteiger partial charge in [0.1, 0.15) is 5.75 Å². The summed E-state index contributed by atoms with van der Waals surface area (Å²) in [6, 6.07) is 5.25. The molecule has 4 N–H and O–H groups in total. The van der Waals surface area contributed by atoms with Gasteiger partial charge in [0.05, 0.1) is 12.3 Å². The molecule has 1 aliphatic heterocycles. The number of benzene rings is 1. The van der Waals surface area contributed by atoms with Crippen LogP contribution in [0.3, 0.4) is 0 Å². The number of nitrogen functional groups attached to an aromatic ring is 2. The maximum atomic E-state index is 5.78. The highest BCUT2D eigenvalue weighted by Gasteiger charge is 2.16. The number of anilines is 2. The number of ether oxygens (including phenoxy) is 2. The van der Waals surface area contributed by atoms with Crippen molar-refractivity contribution in [2.24, 2.45) is 0 Å². The third kappa shape index (κ3) is 2.53. The first-order valence-corrected chi connectivity index (χ1v) is 5.19. The predicted octanol–water partition coefficient (Wildman–Crippen LogP) is 1.76. The van der Waals surface area contributed by atoms with Gasteiger partial charge in [-0.05, 0) is 31.0 Å². The second-order valence-corrected chi connectivity index (χ2v) is 3.71. The molecule has 82 valence electrons. The van der Waals surface area contributed by atoms with Gasteiger partial charge in [-0.25, -0.2) is 0 Å². The smallest absolute Gasteiger partial charge is 0.199 e. The molecular weight excluding hydrogens is 192 g/mol. The Hall–Kier alpha value is -1.42. The molecule has 2 rings (SSSR count). The van der Waals surface area contributed by atoms with Gasteiger partial charge < -0.3 is 20.9 Å². The van der Waals surface area contributed by atoms with Gasteiger partial charge in [-0.3, -0.25) is 0 Å². The molecule has 1 aromatic rings. The van der Waals surface area contributed by atoms with Gasteiger partial charge in [0.25, 0.3) is 0 Å². The molecule has 0 saturated carbocycles. The lowest BCUT2D eigenvalue weighted by molar-refractivity contribution is -0.105. The van der Waals surface area contributed by atoms with Crippen LogP contribution in [0.2, 0.25) is 0 Å². The first-order chi connectivity index (χ1) is 7.25. The Bertz CT molecular complexity index is 335. The average molecular weight is 208 g/mol. The molecule has 1 aliphatic rings. The van der Waals surface area contributed by atoms with Crippen LogP contribution in [0.25, 0.3) is 0 Å². The minimum atomic E-state index is -0.162. The fourth-order valence-electron chi connectivity index (χ4n) is 1.62. The summed E-state index contributed by atoms with van der Waals surface area (Å²) in [6.45, 7) is 0.763. The largest absolute Gasteiger partial charge is 0.463 e. The zero-order valence-corrected chi connectivity index (χ0v) is 8.61. The van der Waals surface area contributed by atoms with Crippen molar-refractivity contribution in [1.82, 2.24) is 0 Å². The van der Waals surface area contributed by atoms with Crippen molar-refractivity contribution in [3.63, 3.8) is 0 Å². The molecule has 0 aromatic heterocycles. The van der Waals surface area contributed by atoms with Crippen LogP contribution in [0.4, 0.5) is 11.4 Å². The van der Waals surface area contributed by atoms with E-state index in [1.807, 2.05) is 0 Å². The van der Waals surface area contributed by atoms with Crippen LogP contribution in [0.1, 0.15) is 19.3 Å². The van der Waals surface area contributed by atoms with Crippen LogP contribution in [0, 0.1) is 0 Å². The van der Waals surface area contributed by atoms with E-state index >= 15 is 0 Å². The highest BCUT2D eigenvalue weighted by atomic mass is 16.7. The Balaban J connectivity index is 2.03. The van der Waals surface area contributed by atoms with E-state index in [1.54, 1.807) is 18.2 Å². The summed E-state index contributed by atoms with van der Waals surface area (Å²) >= 11 is 0. The number of rotatable bonds is 2. The Kier molecular flexibility index (Phi) is 2.97. The van der Waals surface area contributed by atoms with E-state index in [1.165, 1.54) is 0 Å². The Labute approximate surface area is 89.2 Å². The quantitative estimate of drug-likeness (QED) is 0.726. The van der Waals surface area contributed by atoms with Gasteiger partial charge in [0, 0.05) is 12.1 Å². The molecule has 1 saturated heterocycles. The molecule has 15 heavy (non-hydrogen) atoms. The van der Waals surface area contributed by atoms with Crippen LogP contribution in [0.15, 0.2) is 18.2 Å². The molecule has 4 nitrogen and oxygen atoms in total. The highest BCUT2D eigenvalue weighted by Crippen LogP contribution is 2.26. The molecule has 0 radical (unpaired) electrons. The van der Waals surface area contributed by atoms with E-state index in [9.17, 15) is 0 Å². The van der Waals surface area contributed by atoms with E-state index in [2.05, 4.69) is 0 Å². The van der Waals surface area contributed by atoms with Gasteiger partial charge in [0.15, 0.2) is 6.29 Å². The molecule has 0 aliphatic carbocycles. The van der Waals surface area contributed by atoms with Crippen molar-refractivity contribution in [1.29, 1.82) is 0 Å². The second kappa shape index (κ2) is 4.40. The third-order valence-electron chi connectivity index (χ3n) is 2.43. The minimum absolute atomic E-state index is 0.162. The van der Waals surface area contributed by atoms with Crippen molar-refractivity contribution in [2.75, 3.05) is 18.1 Å². The van der Waals surface area contributed by atoms with Crippen LogP contribution < -0.4 is 16.2 Å². The number of hydrogen-bond acceptors (Lipinski definition) is 4. The molecule has 1 fully saturated rings. The van der Waals surface area contributed by atoms with Crippen molar-refractivity contribution >= 4 is 11.4 Å². The zero-order chi connectivity index (χ0) is 10.7. The van der Waals surface area contributed by atoms with E-state index in [-0.39, 0.29) is 6.29 Å². The summed E-state index contributed by atoms with van der Waals surface area (Å²) in [6.07, 6.45) is 3.00. The van der Waals surface area contributed by atoms with Crippen LogP contribution in [0.5, 0.6) is 5.75 Å². The van der Waals surface area contributed by atoms with Gasteiger partial charge in [-0.15, -0.1) is 0 Å². The first kappa shape index (κ1) is 10.1. The molecule has 1 heterocycles. The fraction of sp³-hybridized carbons (Fsp3) is 0.455. The Morgan fingerprint density at radius 1 is 1.27 bits per heavy atom. The van der Waals surface area contributed by atoms with Crippen LogP contribution >= 0.6 is 0 Å². The summed E-state index contributed by atoms with van der Waals surface area (Å²) in [7, 11) is 0. The van der Waals surface area contributed by atoms with E-state index < -0.39 is 0 Å². The van der Waals surface area contributed by atoms with E-state index in [0.717, 1.165) is 25.9 Å². The molecule has 0 amide bonds. The standard InChI is InChI=1S/C11H16N2O2/c12-8-4-5-10(9(13)7-8)15-11-3-1-2-6-14-11/h4-5,7,11H,1-3,6,12-13H2. The minimum Gasteiger partial charge on any atom is -0.463 e. The molecule has 0 spiro atoms. The molecule has 1 unspecified atom stereocenters. The topological polar surface area (TPSA) is 70.5 Å². The summed E-state index contributed by atoms with van der Waals surface area (Å²) in [5.74, 6) is 0.649. The van der Waals surface area contributed by atoms with Gasteiger partial charge in [-0.1, -0.05) is 0 Å². The predicted molar refractivity (Wildman–Crippen MR) is 59.5 cm³/mol. The molecule has 0 bridgehead atoms. The lowest BCUT2D eigenvalue weighted by atomic mass is 10.2. The highest BCUT2D eigenvalue weighted by molar-refractivity contribution is 5.60. The SMILES string of the molecule is Nc1ccc(OC2CCCCO2)c(N)c1. The van der Waals surface area contributed by atoms with Crippen LogP contribution in [-0.4, -0.2) is 12.9 Å². The average Bonchev–Trinajstić information content (AvgIpc) is 2.24. The van der Waals surface area contributed by atoms with E-state index in [0.29, 0.717) is 17.1 Å².